The lowest BCUT2D eigenvalue weighted by Gasteiger charge is -2.37. The van der Waals surface area contributed by atoms with E-state index in [1.54, 1.807) is 0 Å². The van der Waals surface area contributed by atoms with Gasteiger partial charge in [-0.25, -0.2) is 4.99 Å². The summed E-state index contributed by atoms with van der Waals surface area (Å²) in [6, 6.07) is 0.844. The van der Waals surface area contributed by atoms with Gasteiger partial charge in [-0.05, 0) is 39.0 Å². The monoisotopic (exact) mass is 377 g/mol. The van der Waals surface area contributed by atoms with E-state index < -0.39 is 5.41 Å². The maximum absolute atomic E-state index is 13.4. The molecule has 5 nitrogen and oxygen atoms in total. The number of carbonyl (C=O) groups is 1. The number of hydrogen-bond acceptors (Lipinski definition) is 4. The van der Waals surface area contributed by atoms with Crippen LogP contribution in [-0.4, -0.2) is 34.6 Å². The second-order valence-corrected chi connectivity index (χ2v) is 9.19. The molecule has 0 atom stereocenters. The zero-order valence-corrected chi connectivity index (χ0v) is 18.1. The van der Waals surface area contributed by atoms with Crippen LogP contribution in [0.1, 0.15) is 105 Å². The summed E-state index contributed by atoms with van der Waals surface area (Å²) in [7, 11) is 0. The Hall–Kier alpha value is -1.39. The van der Waals surface area contributed by atoms with Crippen LogP contribution in [0, 0.1) is 5.41 Å². The molecule has 0 aromatic carbocycles. The number of amides is 1. The molecule has 5 heteroatoms. The molecule has 0 bridgehead atoms. The summed E-state index contributed by atoms with van der Waals surface area (Å²) in [5, 5.41) is 4.28. The van der Waals surface area contributed by atoms with Crippen LogP contribution in [-0.2, 0) is 9.63 Å². The van der Waals surface area contributed by atoms with Crippen molar-refractivity contribution in [1.82, 2.24) is 4.90 Å². The van der Waals surface area contributed by atoms with Gasteiger partial charge in [-0.3, -0.25) is 9.69 Å². The highest BCUT2D eigenvalue weighted by Crippen LogP contribution is 2.29. The molecule has 2 fully saturated rings. The van der Waals surface area contributed by atoms with E-state index in [-0.39, 0.29) is 18.0 Å². The van der Waals surface area contributed by atoms with Crippen molar-refractivity contribution in [3.8, 4) is 0 Å². The molecule has 2 saturated carbocycles. The lowest BCUT2D eigenvalue weighted by molar-refractivity contribution is -0.138. The van der Waals surface area contributed by atoms with Crippen molar-refractivity contribution in [3.05, 3.63) is 0 Å². The molecule has 0 heterocycles. The van der Waals surface area contributed by atoms with Gasteiger partial charge in [-0.1, -0.05) is 71.4 Å². The summed E-state index contributed by atoms with van der Waals surface area (Å²) in [5.74, 6) is 0.0910. The van der Waals surface area contributed by atoms with Crippen LogP contribution in [0.5, 0.6) is 0 Å². The van der Waals surface area contributed by atoms with Crippen LogP contribution in [0.25, 0.3) is 0 Å². The fourth-order valence-electron chi connectivity index (χ4n) is 3.79. The molecular formula is C22H39N3O2. The van der Waals surface area contributed by atoms with E-state index >= 15 is 0 Å². The summed E-state index contributed by atoms with van der Waals surface area (Å²) < 4.78 is 0. The van der Waals surface area contributed by atoms with Gasteiger partial charge in [-0.2, -0.15) is 0 Å². The molecule has 0 aromatic rings. The van der Waals surface area contributed by atoms with Crippen molar-refractivity contribution in [2.24, 2.45) is 15.6 Å². The maximum Gasteiger partial charge on any atom is 0.324 e. The minimum absolute atomic E-state index is 0.0910. The highest BCUT2D eigenvalue weighted by molar-refractivity contribution is 5.97. The Labute approximate surface area is 165 Å². The molecule has 0 unspecified atom stereocenters. The van der Waals surface area contributed by atoms with Crippen LogP contribution < -0.4 is 0 Å². The van der Waals surface area contributed by atoms with Gasteiger partial charge in [-0.15, -0.1) is 0 Å². The largest absolute Gasteiger partial charge is 0.324 e. The number of carbonyl (C=O) groups excluding carboxylic acids is 1. The van der Waals surface area contributed by atoms with Gasteiger partial charge in [0.25, 0.3) is 0 Å². The van der Waals surface area contributed by atoms with Crippen LogP contribution >= 0.6 is 0 Å². The minimum Gasteiger partial charge on any atom is -0.317 e. The molecule has 0 aliphatic heterocycles. The maximum atomic E-state index is 13.4. The first-order chi connectivity index (χ1) is 12.8. The van der Waals surface area contributed by atoms with E-state index in [1.807, 2.05) is 32.6 Å². The number of nitrogens with zero attached hydrogens (tertiary/aromatic N) is 3. The number of rotatable bonds is 4. The number of amidine groups is 1. The Kier molecular flexibility index (Phi) is 8.30. The molecule has 154 valence electrons. The summed E-state index contributed by atoms with van der Waals surface area (Å²) in [5.41, 5.74) is 0.440. The first-order valence-electron chi connectivity index (χ1n) is 10.9. The smallest absolute Gasteiger partial charge is 0.317 e. The third kappa shape index (κ3) is 6.62. The van der Waals surface area contributed by atoms with Crippen molar-refractivity contribution >= 4 is 17.6 Å². The Morgan fingerprint density at radius 2 is 1.56 bits per heavy atom. The summed E-state index contributed by atoms with van der Waals surface area (Å²) in [6.07, 6.45) is 12.3. The van der Waals surface area contributed by atoms with Crippen molar-refractivity contribution < 1.29 is 9.63 Å². The average molecular weight is 378 g/mol. The molecule has 2 rings (SSSR count). The van der Waals surface area contributed by atoms with Gasteiger partial charge in [0, 0.05) is 11.5 Å². The van der Waals surface area contributed by atoms with E-state index in [0.29, 0.717) is 6.02 Å². The van der Waals surface area contributed by atoms with Gasteiger partial charge in [0.2, 0.25) is 5.91 Å². The van der Waals surface area contributed by atoms with Crippen LogP contribution in [0.4, 0.5) is 0 Å². The summed E-state index contributed by atoms with van der Waals surface area (Å²) in [4.78, 5) is 26.1. The molecule has 27 heavy (non-hydrogen) atoms. The number of oxime groups is 1. The van der Waals surface area contributed by atoms with E-state index in [0.717, 1.165) is 50.7 Å². The van der Waals surface area contributed by atoms with Gasteiger partial charge in [0.05, 0.1) is 11.8 Å². The van der Waals surface area contributed by atoms with E-state index in [1.165, 1.54) is 25.7 Å². The van der Waals surface area contributed by atoms with Crippen LogP contribution in [0.15, 0.2) is 10.1 Å². The first kappa shape index (κ1) is 21.9. The molecule has 0 N–H and O–H groups in total. The van der Waals surface area contributed by atoms with Gasteiger partial charge in [0.1, 0.15) is 0 Å². The molecule has 0 saturated heterocycles. The first-order valence-corrected chi connectivity index (χ1v) is 10.9. The Balaban J connectivity index is 2.36. The quantitative estimate of drug-likeness (QED) is 0.359. The van der Waals surface area contributed by atoms with Crippen LogP contribution in [0.2, 0.25) is 0 Å². The van der Waals surface area contributed by atoms with Gasteiger partial charge >= 0.3 is 6.02 Å². The predicted molar refractivity (Wildman–Crippen MR) is 112 cm³/mol. The van der Waals surface area contributed by atoms with E-state index in [9.17, 15) is 4.79 Å². The molecular weight excluding hydrogens is 338 g/mol. The number of hydrogen-bond donors (Lipinski definition) is 0. The third-order valence-corrected chi connectivity index (χ3v) is 5.67. The number of aliphatic imine (C=N–C) groups is 1. The molecule has 2 aliphatic rings. The molecule has 1 amide bonds. The summed E-state index contributed by atoms with van der Waals surface area (Å²) >= 11 is 0. The lowest BCUT2D eigenvalue weighted by Crippen LogP contribution is -2.51. The van der Waals surface area contributed by atoms with Crippen molar-refractivity contribution in [2.75, 3.05) is 0 Å². The fraction of sp³-hybridized carbons (Fsp3) is 0.864. The second kappa shape index (κ2) is 10.2. The Bertz CT molecular complexity index is 536. The van der Waals surface area contributed by atoms with Crippen molar-refractivity contribution in [1.29, 1.82) is 0 Å². The molecule has 2 aliphatic carbocycles. The van der Waals surface area contributed by atoms with Crippen molar-refractivity contribution in [3.63, 3.8) is 0 Å². The van der Waals surface area contributed by atoms with Crippen LogP contribution in [0.3, 0.4) is 0 Å². The van der Waals surface area contributed by atoms with Gasteiger partial charge in [0.15, 0.2) is 0 Å². The summed E-state index contributed by atoms with van der Waals surface area (Å²) in [6.45, 7) is 9.94. The Morgan fingerprint density at radius 3 is 2.07 bits per heavy atom. The van der Waals surface area contributed by atoms with Crippen molar-refractivity contribution in [2.45, 2.75) is 117 Å². The average Bonchev–Trinajstić information content (AvgIpc) is 2.66. The molecule has 0 spiro atoms. The van der Waals surface area contributed by atoms with E-state index in [4.69, 9.17) is 9.83 Å². The fourth-order valence-corrected chi connectivity index (χ4v) is 3.79. The highest BCUT2D eigenvalue weighted by atomic mass is 16.6. The van der Waals surface area contributed by atoms with E-state index in [2.05, 4.69) is 12.1 Å². The molecule has 0 aromatic heterocycles. The minimum atomic E-state index is -0.475. The Morgan fingerprint density at radius 1 is 1.00 bits per heavy atom. The predicted octanol–water partition coefficient (Wildman–Crippen LogP) is 5.69. The topological polar surface area (TPSA) is 54.3 Å². The lowest BCUT2D eigenvalue weighted by atomic mass is 9.90. The normalized spacial score (nSPS) is 21.2. The highest BCUT2D eigenvalue weighted by Gasteiger charge is 2.37. The second-order valence-electron chi connectivity index (χ2n) is 9.19. The standard InChI is InChI=1S/C22H39N3O2/c1-6-17(2)24-27-21(23-18-13-9-7-10-14-18)25(20(26)22(3,4)5)19-15-11-8-12-16-19/h18-19H,6-16H2,1-5H3. The zero-order chi connectivity index (χ0) is 19.9. The van der Waals surface area contributed by atoms with Gasteiger partial charge < -0.3 is 4.84 Å². The third-order valence-electron chi connectivity index (χ3n) is 5.67. The molecule has 0 radical (unpaired) electrons. The SMILES string of the molecule is CCC(C)=NOC(=NC1CCCCC1)N(C(=O)C(C)(C)C)C1CCCCC1. The zero-order valence-electron chi connectivity index (χ0n) is 18.1.